The number of esters is 1. The summed E-state index contributed by atoms with van der Waals surface area (Å²) in [5.74, 6) is -9.49. The van der Waals surface area contributed by atoms with Crippen molar-refractivity contribution in [2.45, 2.75) is 37.9 Å². The molecule has 0 saturated carbocycles. The zero-order valence-corrected chi connectivity index (χ0v) is 26.4. The lowest BCUT2D eigenvalue weighted by molar-refractivity contribution is -0.291. The summed E-state index contributed by atoms with van der Waals surface area (Å²) in [6.07, 6.45) is -6.81. The summed E-state index contributed by atoms with van der Waals surface area (Å²) in [6.45, 7) is 3.08. The molecular weight excluding hydrogens is 688 g/mol. The second-order valence-electron chi connectivity index (χ2n) is 10.3. The van der Waals surface area contributed by atoms with Crippen LogP contribution in [0.5, 0.6) is 0 Å². The monoisotopic (exact) mass is 715 g/mol. The summed E-state index contributed by atoms with van der Waals surface area (Å²) >= 11 is 0. The largest absolute Gasteiger partial charge is 0.478 e. The number of nitriles is 1. The fourth-order valence-corrected chi connectivity index (χ4v) is 5.54. The maximum absolute atomic E-state index is 14.2. The Morgan fingerprint density at radius 1 is 1.10 bits per heavy atom. The van der Waals surface area contributed by atoms with E-state index in [-0.39, 0.29) is 48.1 Å². The number of rotatable bonds is 10. The first kappa shape index (κ1) is 38.2. The van der Waals surface area contributed by atoms with Gasteiger partial charge in [-0.2, -0.15) is 27.2 Å². The first-order chi connectivity index (χ1) is 22.8. The Hall–Kier alpha value is -5.25. The van der Waals surface area contributed by atoms with Gasteiger partial charge in [-0.3, -0.25) is 14.5 Å². The molecule has 1 fully saturated rings. The van der Waals surface area contributed by atoms with Crippen LogP contribution in [0, 0.1) is 17.2 Å². The van der Waals surface area contributed by atoms with Crippen LogP contribution in [-0.4, -0.2) is 67.2 Å². The second kappa shape index (κ2) is 15.3. The fraction of sp³-hybridized carbons (Fsp3) is 0.333. The number of nitrogens with zero attached hydrogens (tertiary/aromatic N) is 4. The maximum atomic E-state index is 14.2. The molecule has 19 heteroatoms. The van der Waals surface area contributed by atoms with Crippen LogP contribution in [0.2, 0.25) is 0 Å². The molecule has 1 amide bonds. The van der Waals surface area contributed by atoms with Gasteiger partial charge in [0.05, 0.1) is 40.7 Å². The van der Waals surface area contributed by atoms with Gasteiger partial charge in [-0.15, -0.1) is 0 Å². The molecule has 1 saturated heterocycles. The number of hydrogen-bond donors (Lipinski definition) is 2. The number of carboxylic acids is 1. The van der Waals surface area contributed by atoms with Crippen LogP contribution in [0.3, 0.4) is 0 Å². The molecule has 3 heterocycles. The number of benzene rings is 1. The number of amides is 1. The molecule has 0 aliphatic carbocycles. The SMILES string of the molecule is CCOC(=O)c1cc(C#N)c(N2CC(C(=O)NS(=O)(=O)Cc3ccccc3)C2)nc1C(C)F.O=C(O)c1cccnc1C(F)(F)C(F)(F)F. The van der Waals surface area contributed by atoms with E-state index in [1.807, 2.05) is 6.07 Å². The minimum atomic E-state index is -5.88. The quantitative estimate of drug-likeness (QED) is 0.220. The van der Waals surface area contributed by atoms with Crippen molar-refractivity contribution >= 4 is 33.7 Å². The lowest BCUT2D eigenvalue weighted by Crippen LogP contribution is -2.55. The van der Waals surface area contributed by atoms with Gasteiger partial charge in [0.2, 0.25) is 15.9 Å². The third-order valence-electron chi connectivity index (χ3n) is 6.72. The predicted molar refractivity (Wildman–Crippen MR) is 158 cm³/mol. The van der Waals surface area contributed by atoms with E-state index < -0.39 is 63.3 Å². The molecule has 1 aliphatic heterocycles. The summed E-state index contributed by atoms with van der Waals surface area (Å²) in [5, 5.41) is 18.0. The van der Waals surface area contributed by atoms with Crippen molar-refractivity contribution in [3.8, 4) is 6.07 Å². The van der Waals surface area contributed by atoms with Crippen molar-refractivity contribution in [1.82, 2.24) is 14.7 Å². The highest BCUT2D eigenvalue weighted by Gasteiger charge is 2.61. The van der Waals surface area contributed by atoms with Gasteiger partial charge in [-0.25, -0.2) is 27.4 Å². The molecule has 1 aliphatic rings. The number of carbonyl (C=O) groups excluding carboxylic acids is 2. The molecule has 49 heavy (non-hydrogen) atoms. The van der Waals surface area contributed by atoms with E-state index in [9.17, 15) is 54.4 Å². The molecule has 0 radical (unpaired) electrons. The number of aromatic carboxylic acids is 1. The van der Waals surface area contributed by atoms with Crippen LogP contribution in [0.25, 0.3) is 0 Å². The fourth-order valence-electron chi connectivity index (χ4n) is 4.36. The Morgan fingerprint density at radius 2 is 1.73 bits per heavy atom. The minimum absolute atomic E-state index is 0.0259. The van der Waals surface area contributed by atoms with Crippen molar-refractivity contribution in [1.29, 1.82) is 5.26 Å². The van der Waals surface area contributed by atoms with Crippen molar-refractivity contribution < 1.29 is 59.0 Å². The predicted octanol–water partition coefficient (Wildman–Crippen LogP) is 4.68. The molecule has 2 aromatic heterocycles. The van der Waals surface area contributed by atoms with Gasteiger partial charge in [-0.05, 0) is 37.6 Å². The van der Waals surface area contributed by atoms with Gasteiger partial charge in [0.15, 0.2) is 0 Å². The average Bonchev–Trinajstić information content (AvgIpc) is 2.99. The zero-order chi connectivity index (χ0) is 36.7. The number of hydrogen-bond acceptors (Lipinski definition) is 10. The van der Waals surface area contributed by atoms with Gasteiger partial charge in [0.1, 0.15) is 23.8 Å². The number of sulfonamides is 1. The first-order valence-electron chi connectivity index (χ1n) is 14.1. The van der Waals surface area contributed by atoms with Gasteiger partial charge < -0.3 is 14.7 Å². The molecule has 1 atom stereocenters. The van der Waals surface area contributed by atoms with Crippen LogP contribution in [0.15, 0.2) is 54.7 Å². The summed E-state index contributed by atoms with van der Waals surface area (Å²) < 4.78 is 107. The van der Waals surface area contributed by atoms with E-state index in [0.29, 0.717) is 17.8 Å². The highest BCUT2D eigenvalue weighted by atomic mass is 32.2. The van der Waals surface area contributed by atoms with Crippen LogP contribution in [0.4, 0.5) is 32.2 Å². The van der Waals surface area contributed by atoms with Gasteiger partial charge in [0, 0.05) is 19.3 Å². The standard InChI is InChI=1S/C22H23FN4O5S.C8H4F5NO2/c1-3-32-22(29)18-9-16(10-24)20(25-19(18)14(2)23)27-11-17(12-27)21(28)26-33(30,31)13-15-7-5-4-6-8-15;9-7(10,8(11,12)13)5-4(6(15)16)2-1-3-14-5/h4-9,14,17H,3,11-13H2,1-2H3,(H,26,28);1-3H,(H,15,16). The molecule has 0 bridgehead atoms. The first-order valence-corrected chi connectivity index (χ1v) is 15.7. The number of halogens is 6. The second-order valence-corrected chi connectivity index (χ2v) is 12.1. The molecule has 1 aromatic carbocycles. The van der Waals surface area contributed by atoms with Crippen molar-refractivity contribution in [3.05, 3.63) is 88.4 Å². The van der Waals surface area contributed by atoms with Crippen LogP contribution >= 0.6 is 0 Å². The topological polar surface area (TPSA) is 180 Å². The van der Waals surface area contributed by atoms with Gasteiger partial charge >= 0.3 is 24.0 Å². The normalized spacial score (nSPS) is 14.0. The van der Waals surface area contributed by atoms with Crippen LogP contribution in [0.1, 0.15) is 63.2 Å². The Balaban J connectivity index is 0.000000341. The van der Waals surface area contributed by atoms with E-state index in [1.165, 1.54) is 13.0 Å². The number of pyridine rings is 2. The van der Waals surface area contributed by atoms with E-state index in [0.717, 1.165) is 6.07 Å². The number of carboxylic acid groups (broad SMARTS) is 1. The van der Waals surface area contributed by atoms with Crippen molar-refractivity contribution in [3.63, 3.8) is 0 Å². The molecule has 3 aromatic rings. The number of carbonyl (C=O) groups is 3. The summed E-state index contributed by atoms with van der Waals surface area (Å²) in [4.78, 5) is 43.6. The third kappa shape index (κ3) is 9.22. The molecule has 12 nitrogen and oxygen atoms in total. The number of ether oxygens (including phenoxy) is 1. The summed E-state index contributed by atoms with van der Waals surface area (Å²) in [7, 11) is -3.88. The van der Waals surface area contributed by atoms with E-state index in [1.54, 1.807) is 42.2 Å². The molecule has 262 valence electrons. The van der Waals surface area contributed by atoms with E-state index in [4.69, 9.17) is 9.84 Å². The molecule has 0 spiro atoms. The summed E-state index contributed by atoms with van der Waals surface area (Å²) in [5.41, 5.74) is -2.71. The van der Waals surface area contributed by atoms with Crippen LogP contribution in [-0.2, 0) is 31.2 Å². The maximum Gasteiger partial charge on any atom is 0.459 e. The number of anilines is 1. The lowest BCUT2D eigenvalue weighted by Gasteiger charge is -2.39. The van der Waals surface area contributed by atoms with E-state index >= 15 is 0 Å². The Bertz CT molecular complexity index is 1850. The smallest absolute Gasteiger partial charge is 0.459 e. The lowest BCUT2D eigenvalue weighted by atomic mass is 9.98. The van der Waals surface area contributed by atoms with E-state index in [2.05, 4.69) is 14.7 Å². The average molecular weight is 716 g/mol. The minimum Gasteiger partial charge on any atom is -0.478 e. The molecular formula is C30H27F6N5O7S. The van der Waals surface area contributed by atoms with Gasteiger partial charge in [0.25, 0.3) is 0 Å². The molecule has 1 unspecified atom stereocenters. The highest BCUT2D eigenvalue weighted by molar-refractivity contribution is 7.89. The van der Waals surface area contributed by atoms with Gasteiger partial charge in [-0.1, -0.05) is 30.3 Å². The highest BCUT2D eigenvalue weighted by Crippen LogP contribution is 2.44. The number of aromatic nitrogens is 2. The Morgan fingerprint density at radius 3 is 2.27 bits per heavy atom. The summed E-state index contributed by atoms with van der Waals surface area (Å²) in [6, 6.07) is 13.2. The number of nitrogens with one attached hydrogen (secondary N) is 1. The number of alkyl halides is 6. The van der Waals surface area contributed by atoms with Crippen molar-refractivity contribution in [2.24, 2.45) is 5.92 Å². The zero-order valence-electron chi connectivity index (χ0n) is 25.5. The van der Waals surface area contributed by atoms with Crippen LogP contribution < -0.4 is 9.62 Å². The Kier molecular flexibility index (Phi) is 11.9. The third-order valence-corrected chi connectivity index (χ3v) is 7.95. The Labute approximate surface area is 275 Å². The van der Waals surface area contributed by atoms with Crippen molar-refractivity contribution in [2.75, 3.05) is 24.6 Å². The molecule has 4 rings (SSSR count). The molecule has 2 N–H and O–H groups in total.